The lowest BCUT2D eigenvalue weighted by atomic mass is 10.0. The van der Waals surface area contributed by atoms with Gasteiger partial charge in [0.05, 0.1) is 0 Å². The van der Waals surface area contributed by atoms with E-state index in [0.29, 0.717) is 24.0 Å². The minimum Gasteiger partial charge on any atom is -0.478 e. The van der Waals surface area contributed by atoms with E-state index >= 15 is 0 Å². The molecule has 0 saturated heterocycles. The molecule has 0 radical (unpaired) electrons. The molecule has 0 spiro atoms. The Morgan fingerprint density at radius 1 is 0.500 bits per heavy atom. The SMILES string of the molecule is CCCCCCC/C=C(\CCCCCCCC/C(=C\CCCCCCC)C(=O)O)C(=O)O. The Kier molecular flexibility index (Phi) is 21.5. The molecule has 0 rings (SSSR count). The first-order chi connectivity index (χ1) is 15.5. The normalized spacial score (nSPS) is 12.3. The van der Waals surface area contributed by atoms with Crippen LogP contribution in [0.3, 0.4) is 0 Å². The zero-order valence-corrected chi connectivity index (χ0v) is 21.0. The minimum absolute atomic E-state index is 0.575. The van der Waals surface area contributed by atoms with Gasteiger partial charge in [-0.2, -0.15) is 0 Å². The topological polar surface area (TPSA) is 74.6 Å². The van der Waals surface area contributed by atoms with Gasteiger partial charge in [0.1, 0.15) is 0 Å². The number of carbonyl (C=O) groups is 2. The van der Waals surface area contributed by atoms with Crippen LogP contribution < -0.4 is 0 Å². The summed E-state index contributed by atoms with van der Waals surface area (Å²) >= 11 is 0. The largest absolute Gasteiger partial charge is 0.478 e. The molecule has 0 aromatic heterocycles. The Labute approximate surface area is 197 Å². The van der Waals surface area contributed by atoms with E-state index in [0.717, 1.165) is 64.2 Å². The van der Waals surface area contributed by atoms with Crippen LogP contribution in [0.2, 0.25) is 0 Å². The van der Waals surface area contributed by atoms with Crippen molar-refractivity contribution in [1.29, 1.82) is 0 Å². The van der Waals surface area contributed by atoms with Crippen molar-refractivity contribution in [2.24, 2.45) is 0 Å². The van der Waals surface area contributed by atoms with E-state index in [1.54, 1.807) is 0 Å². The van der Waals surface area contributed by atoms with Crippen molar-refractivity contribution in [3.05, 3.63) is 23.3 Å². The van der Waals surface area contributed by atoms with Crippen LogP contribution >= 0.6 is 0 Å². The highest BCUT2D eigenvalue weighted by atomic mass is 16.4. The van der Waals surface area contributed by atoms with Crippen molar-refractivity contribution in [1.82, 2.24) is 0 Å². The van der Waals surface area contributed by atoms with E-state index in [1.165, 1.54) is 51.4 Å². The maximum absolute atomic E-state index is 11.4. The summed E-state index contributed by atoms with van der Waals surface area (Å²) in [7, 11) is 0. The summed E-state index contributed by atoms with van der Waals surface area (Å²) in [5.74, 6) is -1.53. The lowest BCUT2D eigenvalue weighted by molar-refractivity contribution is -0.133. The molecule has 0 aliphatic heterocycles. The van der Waals surface area contributed by atoms with E-state index in [4.69, 9.17) is 0 Å². The van der Waals surface area contributed by atoms with Crippen LogP contribution in [0.15, 0.2) is 23.3 Å². The van der Waals surface area contributed by atoms with Crippen molar-refractivity contribution < 1.29 is 19.8 Å². The van der Waals surface area contributed by atoms with Crippen molar-refractivity contribution in [2.75, 3.05) is 0 Å². The van der Waals surface area contributed by atoms with E-state index in [-0.39, 0.29) is 0 Å². The summed E-state index contributed by atoms with van der Waals surface area (Å²) in [6, 6.07) is 0. The van der Waals surface area contributed by atoms with Gasteiger partial charge in [-0.1, -0.05) is 103 Å². The second-order valence-electron chi connectivity index (χ2n) is 9.10. The minimum atomic E-state index is -0.767. The van der Waals surface area contributed by atoms with Crippen LogP contribution in [0.4, 0.5) is 0 Å². The van der Waals surface area contributed by atoms with Gasteiger partial charge in [-0.3, -0.25) is 0 Å². The van der Waals surface area contributed by atoms with Crippen molar-refractivity contribution >= 4 is 11.9 Å². The summed E-state index contributed by atoms with van der Waals surface area (Å²) in [5.41, 5.74) is 1.15. The Morgan fingerprint density at radius 3 is 1.16 bits per heavy atom. The van der Waals surface area contributed by atoms with Crippen LogP contribution in [-0.2, 0) is 9.59 Å². The number of carboxylic acids is 2. The molecule has 2 N–H and O–H groups in total. The van der Waals surface area contributed by atoms with E-state index in [1.807, 2.05) is 12.2 Å². The summed E-state index contributed by atoms with van der Waals surface area (Å²) in [6.07, 6.45) is 25.1. The summed E-state index contributed by atoms with van der Waals surface area (Å²) in [4.78, 5) is 22.8. The Morgan fingerprint density at radius 2 is 0.812 bits per heavy atom. The molecule has 0 unspecified atom stereocenters. The highest BCUT2D eigenvalue weighted by Crippen LogP contribution is 2.17. The molecule has 0 aromatic rings. The van der Waals surface area contributed by atoms with Gasteiger partial charge in [0, 0.05) is 11.1 Å². The van der Waals surface area contributed by atoms with Crippen LogP contribution in [0, 0.1) is 0 Å². The fourth-order valence-electron chi connectivity index (χ4n) is 3.98. The molecule has 0 fully saturated rings. The predicted molar refractivity (Wildman–Crippen MR) is 135 cm³/mol. The quantitative estimate of drug-likeness (QED) is 0.120. The smallest absolute Gasteiger partial charge is 0.331 e. The van der Waals surface area contributed by atoms with Gasteiger partial charge >= 0.3 is 11.9 Å². The number of unbranched alkanes of at least 4 members (excludes halogenated alkanes) is 15. The molecular weight excluding hydrogens is 400 g/mol. The van der Waals surface area contributed by atoms with Crippen molar-refractivity contribution in [2.45, 2.75) is 142 Å². The molecule has 0 amide bonds. The Balaban J connectivity index is 3.89. The van der Waals surface area contributed by atoms with E-state index in [2.05, 4.69) is 13.8 Å². The summed E-state index contributed by atoms with van der Waals surface area (Å²) in [6.45, 7) is 4.40. The molecule has 0 aliphatic rings. The fraction of sp³-hybridized carbons (Fsp3) is 0.786. The molecule has 186 valence electrons. The van der Waals surface area contributed by atoms with Crippen LogP contribution in [-0.4, -0.2) is 22.2 Å². The van der Waals surface area contributed by atoms with E-state index in [9.17, 15) is 19.8 Å². The molecule has 0 bridgehead atoms. The van der Waals surface area contributed by atoms with Gasteiger partial charge in [0.25, 0.3) is 0 Å². The number of aliphatic carboxylic acids is 2. The maximum atomic E-state index is 11.4. The van der Waals surface area contributed by atoms with Crippen LogP contribution in [0.1, 0.15) is 142 Å². The second-order valence-corrected chi connectivity index (χ2v) is 9.10. The summed E-state index contributed by atoms with van der Waals surface area (Å²) in [5, 5.41) is 18.8. The lowest BCUT2D eigenvalue weighted by Crippen LogP contribution is -2.01. The zero-order chi connectivity index (χ0) is 23.9. The molecule has 4 nitrogen and oxygen atoms in total. The highest BCUT2D eigenvalue weighted by molar-refractivity contribution is 5.86. The number of allylic oxidation sites excluding steroid dienone is 2. The highest BCUT2D eigenvalue weighted by Gasteiger charge is 2.08. The molecule has 0 saturated carbocycles. The first kappa shape index (κ1) is 30.4. The van der Waals surface area contributed by atoms with Gasteiger partial charge in [-0.15, -0.1) is 0 Å². The van der Waals surface area contributed by atoms with Crippen molar-refractivity contribution in [3.8, 4) is 0 Å². The Hall–Kier alpha value is -1.58. The third kappa shape index (κ3) is 19.1. The zero-order valence-electron chi connectivity index (χ0n) is 21.0. The molecule has 0 heterocycles. The molecular formula is C28H50O4. The third-order valence-electron chi connectivity index (χ3n) is 6.09. The number of carboxylic acid groups (broad SMARTS) is 2. The van der Waals surface area contributed by atoms with Gasteiger partial charge < -0.3 is 10.2 Å². The second kappa shape index (κ2) is 22.6. The van der Waals surface area contributed by atoms with Gasteiger partial charge in [0.2, 0.25) is 0 Å². The number of hydrogen-bond donors (Lipinski definition) is 2. The average molecular weight is 451 g/mol. The van der Waals surface area contributed by atoms with Gasteiger partial charge in [-0.25, -0.2) is 9.59 Å². The fourth-order valence-corrected chi connectivity index (χ4v) is 3.98. The van der Waals surface area contributed by atoms with Crippen molar-refractivity contribution in [3.63, 3.8) is 0 Å². The maximum Gasteiger partial charge on any atom is 0.331 e. The third-order valence-corrected chi connectivity index (χ3v) is 6.09. The first-order valence-electron chi connectivity index (χ1n) is 13.4. The molecule has 0 aromatic carbocycles. The number of rotatable bonds is 23. The summed E-state index contributed by atoms with van der Waals surface area (Å²) < 4.78 is 0. The first-order valence-corrected chi connectivity index (χ1v) is 13.4. The standard InChI is InChI=1S/C28H50O4/c1-3-5-7-9-13-17-21-25(27(29)30)23-19-15-11-12-16-20-24-26(28(31)32)22-18-14-10-8-6-4-2/h21-22H,3-20,23-24H2,1-2H3,(H,29,30)(H,31,32)/b25-21+,26-22+. The van der Waals surface area contributed by atoms with E-state index < -0.39 is 11.9 Å². The van der Waals surface area contributed by atoms with Crippen LogP contribution in [0.5, 0.6) is 0 Å². The molecule has 4 heteroatoms. The average Bonchev–Trinajstić information content (AvgIpc) is 2.76. The molecule has 32 heavy (non-hydrogen) atoms. The monoisotopic (exact) mass is 450 g/mol. The van der Waals surface area contributed by atoms with Gasteiger partial charge in [0.15, 0.2) is 0 Å². The number of hydrogen-bond acceptors (Lipinski definition) is 2. The molecule has 0 atom stereocenters. The Bertz CT molecular complexity index is 486. The molecule has 0 aliphatic carbocycles. The van der Waals surface area contributed by atoms with Crippen LogP contribution in [0.25, 0.3) is 0 Å². The lowest BCUT2D eigenvalue weighted by Gasteiger charge is -2.05. The predicted octanol–water partition coefficient (Wildman–Crippen LogP) is 8.85. The van der Waals surface area contributed by atoms with Gasteiger partial charge in [-0.05, 0) is 51.4 Å².